The molecule has 0 saturated heterocycles. The van der Waals surface area contributed by atoms with Crippen LogP contribution >= 0.6 is 0 Å². The van der Waals surface area contributed by atoms with E-state index in [9.17, 15) is 23.4 Å². The largest absolute Gasteiger partial charge is 0.504 e. The molecule has 0 unspecified atom stereocenters. The van der Waals surface area contributed by atoms with E-state index in [-0.39, 0.29) is 22.6 Å². The number of rotatable bonds is 7. The third-order valence-corrected chi connectivity index (χ3v) is 6.20. The van der Waals surface area contributed by atoms with Crippen LogP contribution in [0.25, 0.3) is 0 Å². The number of carboxylic acids is 1. The van der Waals surface area contributed by atoms with E-state index in [1.165, 1.54) is 0 Å². The zero-order valence-corrected chi connectivity index (χ0v) is 18.7. The predicted octanol–water partition coefficient (Wildman–Crippen LogP) is 4.93. The van der Waals surface area contributed by atoms with Crippen molar-refractivity contribution in [3.8, 4) is 17.2 Å². The van der Waals surface area contributed by atoms with Gasteiger partial charge in [-0.3, -0.25) is 0 Å². The summed E-state index contributed by atoms with van der Waals surface area (Å²) < 4.78 is 31.8. The summed E-state index contributed by atoms with van der Waals surface area (Å²) in [5.41, 5.74) is 1.72. The molecule has 0 saturated carbocycles. The van der Waals surface area contributed by atoms with E-state index in [2.05, 4.69) is 0 Å². The van der Waals surface area contributed by atoms with Gasteiger partial charge in [-0.25, -0.2) is 4.79 Å². The number of carbonyl (C=O) groups is 1. The van der Waals surface area contributed by atoms with Crippen molar-refractivity contribution in [3.05, 3.63) is 46.5 Å². The van der Waals surface area contributed by atoms with E-state index < -0.39 is 38.9 Å². The summed E-state index contributed by atoms with van der Waals surface area (Å²) >= 11 is 0. The molecule has 164 valence electrons. The molecule has 8 heteroatoms. The Labute approximate surface area is 177 Å². The molecule has 2 rings (SSSR count). The first kappa shape index (κ1) is 23.5. The molecule has 0 aromatic heterocycles. The van der Waals surface area contributed by atoms with Crippen LogP contribution in [0.15, 0.2) is 29.2 Å². The first-order valence-corrected chi connectivity index (χ1v) is 11.1. The third kappa shape index (κ3) is 4.70. The normalized spacial score (nSPS) is 12.0. The number of phenolic OH excluding ortho intramolecular Hbond substituents is 2. The minimum Gasteiger partial charge on any atom is -0.504 e. The van der Waals surface area contributed by atoms with Gasteiger partial charge in [0.2, 0.25) is 5.75 Å². The molecule has 0 atom stereocenters. The molecule has 0 radical (unpaired) electrons. The summed E-state index contributed by atoms with van der Waals surface area (Å²) in [6.45, 7) is 11.5. The Morgan fingerprint density at radius 1 is 0.867 bits per heavy atom. The van der Waals surface area contributed by atoms with Crippen molar-refractivity contribution in [1.29, 1.82) is 0 Å². The van der Waals surface area contributed by atoms with Gasteiger partial charge in [-0.2, -0.15) is 8.42 Å². The van der Waals surface area contributed by atoms with Gasteiger partial charge in [0.15, 0.2) is 11.5 Å². The molecule has 0 amide bonds. The van der Waals surface area contributed by atoms with Gasteiger partial charge >= 0.3 is 16.1 Å². The van der Waals surface area contributed by atoms with Gasteiger partial charge in [-0.15, -0.1) is 0 Å². The van der Waals surface area contributed by atoms with Gasteiger partial charge in [0.1, 0.15) is 4.90 Å². The number of phenols is 2. The molecular weight excluding hydrogens is 408 g/mol. The highest BCUT2D eigenvalue weighted by molar-refractivity contribution is 7.87. The molecule has 30 heavy (non-hydrogen) atoms. The van der Waals surface area contributed by atoms with Crippen LogP contribution in [-0.4, -0.2) is 29.7 Å². The molecular formula is C22H28O7S. The second-order valence-corrected chi connectivity index (χ2v) is 9.66. The highest BCUT2D eigenvalue weighted by atomic mass is 32.2. The lowest BCUT2D eigenvalue weighted by Gasteiger charge is -2.22. The maximum absolute atomic E-state index is 13.3. The van der Waals surface area contributed by atoms with Crippen molar-refractivity contribution in [2.75, 3.05) is 0 Å². The minimum absolute atomic E-state index is 0.00322. The number of aromatic carboxylic acids is 1. The van der Waals surface area contributed by atoms with Crippen LogP contribution in [0, 0.1) is 0 Å². The standard InChI is InChI=1S/C22H28O7S/c1-11(2)14-7-16(12(3)4)21(17(8-14)13(5)6)30(27,28)29-19-10-15(22(25)26)9-18(23)20(19)24/h7-13,23-24H,1-6H3,(H,25,26). The molecule has 0 spiro atoms. The lowest BCUT2D eigenvalue weighted by atomic mass is 9.89. The van der Waals surface area contributed by atoms with E-state index >= 15 is 0 Å². The van der Waals surface area contributed by atoms with Crippen LogP contribution in [0.3, 0.4) is 0 Å². The summed E-state index contributed by atoms with van der Waals surface area (Å²) in [5, 5.41) is 29.0. The monoisotopic (exact) mass is 436 g/mol. The van der Waals surface area contributed by atoms with Crippen molar-refractivity contribution < 1.29 is 32.7 Å². The highest BCUT2D eigenvalue weighted by Gasteiger charge is 2.30. The fraction of sp³-hybridized carbons (Fsp3) is 0.409. The van der Waals surface area contributed by atoms with Crippen molar-refractivity contribution in [3.63, 3.8) is 0 Å². The number of benzene rings is 2. The molecule has 0 fully saturated rings. The molecule has 0 aliphatic rings. The van der Waals surface area contributed by atoms with E-state index in [1.807, 2.05) is 53.7 Å². The van der Waals surface area contributed by atoms with Crippen LogP contribution in [-0.2, 0) is 10.1 Å². The topological polar surface area (TPSA) is 121 Å². The lowest BCUT2D eigenvalue weighted by Crippen LogP contribution is -2.17. The summed E-state index contributed by atoms with van der Waals surface area (Å²) in [6, 6.07) is 5.35. The number of hydrogen-bond donors (Lipinski definition) is 3. The Kier molecular flexibility index (Phi) is 6.71. The van der Waals surface area contributed by atoms with Gasteiger partial charge in [0, 0.05) is 6.07 Å². The molecule has 0 aliphatic heterocycles. The Morgan fingerprint density at radius 2 is 1.37 bits per heavy atom. The van der Waals surface area contributed by atoms with Gasteiger partial charge in [0.05, 0.1) is 5.56 Å². The molecule has 2 aromatic carbocycles. The van der Waals surface area contributed by atoms with Crippen LogP contribution in [0.5, 0.6) is 17.2 Å². The number of aromatic hydroxyl groups is 2. The van der Waals surface area contributed by atoms with Gasteiger partial charge < -0.3 is 19.5 Å². The van der Waals surface area contributed by atoms with E-state index in [1.54, 1.807) is 0 Å². The SMILES string of the molecule is CC(C)c1cc(C(C)C)c(S(=O)(=O)Oc2cc(C(=O)O)cc(O)c2O)c(C(C)C)c1. The Balaban J connectivity index is 2.75. The quantitative estimate of drug-likeness (QED) is 0.415. The van der Waals surface area contributed by atoms with Gasteiger partial charge in [0.25, 0.3) is 0 Å². The molecule has 0 aliphatic carbocycles. The Hall–Kier alpha value is -2.74. The van der Waals surface area contributed by atoms with Crippen molar-refractivity contribution >= 4 is 16.1 Å². The zero-order valence-electron chi connectivity index (χ0n) is 17.9. The second kappa shape index (κ2) is 8.55. The maximum atomic E-state index is 13.3. The van der Waals surface area contributed by atoms with Gasteiger partial charge in [-0.05, 0) is 40.5 Å². The number of carboxylic acid groups (broad SMARTS) is 1. The summed E-state index contributed by atoms with van der Waals surface area (Å²) in [7, 11) is -4.45. The lowest BCUT2D eigenvalue weighted by molar-refractivity contribution is 0.0696. The fourth-order valence-corrected chi connectivity index (χ4v) is 4.73. The second-order valence-electron chi connectivity index (χ2n) is 8.18. The molecule has 0 bridgehead atoms. The molecule has 7 nitrogen and oxygen atoms in total. The van der Waals surface area contributed by atoms with Crippen LogP contribution in [0.1, 0.15) is 86.3 Å². The molecule has 3 N–H and O–H groups in total. The fourth-order valence-electron chi connectivity index (χ4n) is 3.12. The van der Waals surface area contributed by atoms with Crippen LogP contribution in [0.2, 0.25) is 0 Å². The molecule has 2 aromatic rings. The van der Waals surface area contributed by atoms with Crippen LogP contribution in [0.4, 0.5) is 0 Å². The predicted molar refractivity (Wildman–Crippen MR) is 113 cm³/mol. The van der Waals surface area contributed by atoms with Crippen LogP contribution < -0.4 is 4.18 Å². The highest BCUT2D eigenvalue weighted by Crippen LogP contribution is 2.41. The van der Waals surface area contributed by atoms with Crippen molar-refractivity contribution in [2.24, 2.45) is 0 Å². The van der Waals surface area contributed by atoms with Crippen molar-refractivity contribution in [1.82, 2.24) is 0 Å². The van der Waals surface area contributed by atoms with E-state index in [4.69, 9.17) is 9.29 Å². The average molecular weight is 437 g/mol. The van der Waals surface area contributed by atoms with E-state index in [0.717, 1.165) is 17.7 Å². The van der Waals surface area contributed by atoms with E-state index in [0.29, 0.717) is 11.1 Å². The zero-order chi connectivity index (χ0) is 23.0. The number of hydrogen-bond acceptors (Lipinski definition) is 6. The average Bonchev–Trinajstić information content (AvgIpc) is 2.63. The Morgan fingerprint density at radius 3 is 1.77 bits per heavy atom. The first-order valence-electron chi connectivity index (χ1n) is 9.67. The minimum atomic E-state index is -4.45. The third-order valence-electron chi connectivity index (χ3n) is 4.83. The summed E-state index contributed by atoms with van der Waals surface area (Å²) in [5.74, 6) is -3.78. The Bertz CT molecular complexity index is 1040. The molecule has 0 heterocycles. The summed E-state index contributed by atoms with van der Waals surface area (Å²) in [4.78, 5) is 11.2. The smallest absolute Gasteiger partial charge is 0.339 e. The van der Waals surface area contributed by atoms with Gasteiger partial charge in [-0.1, -0.05) is 53.7 Å². The van der Waals surface area contributed by atoms with Crippen molar-refractivity contribution in [2.45, 2.75) is 64.2 Å². The maximum Gasteiger partial charge on any atom is 0.339 e. The first-order chi connectivity index (χ1) is 13.8. The summed E-state index contributed by atoms with van der Waals surface area (Å²) in [6.07, 6.45) is 0.